The molecule has 1 aromatic carbocycles. The van der Waals surface area contributed by atoms with Crippen LogP contribution < -0.4 is 5.32 Å². The Morgan fingerprint density at radius 1 is 1.19 bits per heavy atom. The van der Waals surface area contributed by atoms with Crippen LogP contribution in [0.1, 0.15) is 44.9 Å². The van der Waals surface area contributed by atoms with Crippen LogP contribution in [-0.2, 0) is 9.84 Å². The second kappa shape index (κ2) is 8.56. The highest BCUT2D eigenvalue weighted by molar-refractivity contribution is 7.90. The summed E-state index contributed by atoms with van der Waals surface area (Å²) >= 11 is 0. The number of nitrogens with one attached hydrogen (secondary N) is 1. The molecule has 1 aliphatic heterocycles. The average molecular weight is 396 g/mol. The Morgan fingerprint density at radius 3 is 2.59 bits per heavy atom. The third-order valence-corrected chi connectivity index (χ3v) is 6.95. The van der Waals surface area contributed by atoms with Crippen LogP contribution in [0.3, 0.4) is 0 Å². The van der Waals surface area contributed by atoms with E-state index in [9.17, 15) is 18.5 Å². The van der Waals surface area contributed by atoms with E-state index >= 15 is 0 Å². The van der Waals surface area contributed by atoms with Gasteiger partial charge in [0.15, 0.2) is 9.84 Å². The van der Waals surface area contributed by atoms with Crippen LogP contribution in [0.15, 0.2) is 23.1 Å². The zero-order valence-electron chi connectivity index (χ0n) is 15.9. The molecule has 0 radical (unpaired) electrons. The molecule has 27 heavy (non-hydrogen) atoms. The third-order valence-electron chi connectivity index (χ3n) is 5.83. The van der Waals surface area contributed by atoms with Gasteiger partial charge in [-0.25, -0.2) is 8.42 Å². The first-order valence-electron chi connectivity index (χ1n) is 9.81. The maximum absolute atomic E-state index is 11.9. The Morgan fingerprint density at radius 2 is 1.93 bits per heavy atom. The van der Waals surface area contributed by atoms with Gasteiger partial charge in [0.05, 0.1) is 4.92 Å². The molecule has 0 aromatic heterocycles. The highest BCUT2D eigenvalue weighted by atomic mass is 32.2. The molecule has 0 spiro atoms. The first-order valence-corrected chi connectivity index (χ1v) is 11.7. The fourth-order valence-electron chi connectivity index (χ4n) is 4.45. The lowest BCUT2D eigenvalue weighted by molar-refractivity contribution is -0.386. The van der Waals surface area contributed by atoms with Crippen molar-refractivity contribution in [3.8, 4) is 0 Å². The third kappa shape index (κ3) is 4.99. The predicted octanol–water partition coefficient (Wildman–Crippen LogP) is 3.45. The summed E-state index contributed by atoms with van der Waals surface area (Å²) in [5.74, 6) is 0.766. The maximum Gasteiger partial charge on any atom is 0.310 e. The van der Waals surface area contributed by atoms with Crippen LogP contribution in [-0.4, -0.2) is 50.2 Å². The van der Waals surface area contributed by atoms with Crippen molar-refractivity contribution in [2.24, 2.45) is 5.92 Å². The number of para-hydroxylation sites is 1. The summed E-state index contributed by atoms with van der Waals surface area (Å²) in [7, 11) is -3.66. The van der Waals surface area contributed by atoms with Gasteiger partial charge in [0.25, 0.3) is 0 Å². The molecule has 1 heterocycles. The molecule has 0 bridgehead atoms. The normalized spacial score (nSPS) is 22.0. The minimum Gasteiger partial charge on any atom is -0.378 e. The summed E-state index contributed by atoms with van der Waals surface area (Å²) in [4.78, 5) is 13.2. The van der Waals surface area contributed by atoms with E-state index in [0.29, 0.717) is 12.6 Å². The first kappa shape index (κ1) is 20.1. The van der Waals surface area contributed by atoms with Crippen LogP contribution in [0.2, 0.25) is 0 Å². The maximum atomic E-state index is 11.9. The van der Waals surface area contributed by atoms with Crippen molar-refractivity contribution in [1.82, 2.24) is 4.90 Å². The quantitative estimate of drug-likeness (QED) is 0.561. The second-order valence-electron chi connectivity index (χ2n) is 7.86. The number of hydrogen-bond donors (Lipinski definition) is 1. The molecule has 1 unspecified atom stereocenters. The molecule has 2 aliphatic rings. The topological polar surface area (TPSA) is 92.6 Å². The Balaban J connectivity index is 1.69. The van der Waals surface area contributed by atoms with Crippen molar-refractivity contribution in [3.05, 3.63) is 28.3 Å². The van der Waals surface area contributed by atoms with E-state index in [4.69, 9.17) is 0 Å². The van der Waals surface area contributed by atoms with Gasteiger partial charge < -0.3 is 5.32 Å². The summed E-state index contributed by atoms with van der Waals surface area (Å²) in [6.45, 7) is 2.78. The standard InChI is InChI=1S/C19H29N3O4S/c1-27(25,26)18-11-5-10-17(19(18)22(23)24)20-13-16-9-6-12-21(16)14-15-7-3-2-4-8-15/h5,10-11,15-16,20H,2-4,6-9,12-14H2,1H3. The monoisotopic (exact) mass is 395 g/mol. The lowest BCUT2D eigenvalue weighted by Crippen LogP contribution is -2.38. The van der Waals surface area contributed by atoms with Crippen LogP contribution in [0.4, 0.5) is 11.4 Å². The van der Waals surface area contributed by atoms with Gasteiger partial charge in [0.1, 0.15) is 10.6 Å². The van der Waals surface area contributed by atoms with Crippen molar-refractivity contribution in [2.75, 3.05) is 31.2 Å². The molecule has 0 amide bonds. The molecule has 1 saturated heterocycles. The summed E-state index contributed by atoms with van der Waals surface area (Å²) < 4.78 is 23.8. The minimum atomic E-state index is -3.66. The molecule has 1 saturated carbocycles. The van der Waals surface area contributed by atoms with Gasteiger partial charge in [-0.1, -0.05) is 25.3 Å². The fraction of sp³-hybridized carbons (Fsp3) is 0.684. The lowest BCUT2D eigenvalue weighted by Gasteiger charge is -2.31. The van der Waals surface area contributed by atoms with E-state index < -0.39 is 14.8 Å². The van der Waals surface area contributed by atoms with Gasteiger partial charge in [-0.05, 0) is 50.3 Å². The number of hydrogen-bond acceptors (Lipinski definition) is 6. The summed E-state index contributed by atoms with van der Waals surface area (Å²) in [5, 5.41) is 14.7. The molecule has 2 fully saturated rings. The summed E-state index contributed by atoms with van der Waals surface area (Å²) in [6.07, 6.45) is 9.82. The lowest BCUT2D eigenvalue weighted by atomic mass is 9.89. The minimum absolute atomic E-state index is 0.233. The first-order chi connectivity index (χ1) is 12.9. The molecule has 1 atom stereocenters. The molecular formula is C19H29N3O4S. The van der Waals surface area contributed by atoms with Gasteiger partial charge in [0.2, 0.25) is 0 Å². The molecule has 1 N–H and O–H groups in total. The van der Waals surface area contributed by atoms with E-state index in [1.165, 1.54) is 38.2 Å². The molecule has 1 aromatic rings. The number of nitro groups is 1. The van der Waals surface area contributed by atoms with Gasteiger partial charge in [-0.3, -0.25) is 15.0 Å². The van der Waals surface area contributed by atoms with E-state index in [1.54, 1.807) is 12.1 Å². The van der Waals surface area contributed by atoms with E-state index in [2.05, 4.69) is 10.2 Å². The van der Waals surface area contributed by atoms with Gasteiger partial charge >= 0.3 is 5.69 Å². The number of rotatable bonds is 7. The highest BCUT2D eigenvalue weighted by Crippen LogP contribution is 2.33. The molecule has 3 rings (SSSR count). The number of benzene rings is 1. The average Bonchev–Trinajstić information content (AvgIpc) is 3.06. The number of nitrogens with zero attached hydrogens (tertiary/aromatic N) is 2. The Bertz CT molecular complexity index is 775. The molecule has 150 valence electrons. The van der Waals surface area contributed by atoms with Crippen molar-refractivity contribution < 1.29 is 13.3 Å². The van der Waals surface area contributed by atoms with Gasteiger partial charge in [0, 0.05) is 25.4 Å². The summed E-state index contributed by atoms with van der Waals surface area (Å²) in [6, 6.07) is 4.78. The SMILES string of the molecule is CS(=O)(=O)c1cccc(NCC2CCCN2CC2CCCCC2)c1[N+](=O)[O-]. The van der Waals surface area contributed by atoms with Gasteiger partial charge in [-0.15, -0.1) is 0 Å². The zero-order valence-corrected chi connectivity index (χ0v) is 16.7. The van der Waals surface area contributed by atoms with E-state index in [0.717, 1.165) is 38.1 Å². The number of sulfone groups is 1. The van der Waals surface area contributed by atoms with Crippen molar-refractivity contribution in [3.63, 3.8) is 0 Å². The number of nitro benzene ring substituents is 1. The largest absolute Gasteiger partial charge is 0.378 e. The van der Waals surface area contributed by atoms with Crippen LogP contribution in [0.25, 0.3) is 0 Å². The van der Waals surface area contributed by atoms with Crippen molar-refractivity contribution in [1.29, 1.82) is 0 Å². The van der Waals surface area contributed by atoms with Crippen molar-refractivity contribution in [2.45, 2.75) is 55.9 Å². The fourth-order valence-corrected chi connectivity index (χ4v) is 5.31. The smallest absolute Gasteiger partial charge is 0.310 e. The second-order valence-corrected chi connectivity index (χ2v) is 9.84. The van der Waals surface area contributed by atoms with Crippen molar-refractivity contribution >= 4 is 21.2 Å². The Kier molecular flexibility index (Phi) is 6.37. The molecule has 7 nitrogen and oxygen atoms in total. The molecule has 1 aliphatic carbocycles. The Labute approximate surface area is 161 Å². The number of anilines is 1. The van der Waals surface area contributed by atoms with E-state index in [-0.39, 0.29) is 16.3 Å². The van der Waals surface area contributed by atoms with Crippen LogP contribution >= 0.6 is 0 Å². The predicted molar refractivity (Wildman–Crippen MR) is 106 cm³/mol. The van der Waals surface area contributed by atoms with Gasteiger partial charge in [-0.2, -0.15) is 0 Å². The zero-order chi connectivity index (χ0) is 19.4. The summed E-state index contributed by atoms with van der Waals surface area (Å²) in [5.41, 5.74) is -0.0655. The molecule has 8 heteroatoms. The van der Waals surface area contributed by atoms with Crippen LogP contribution in [0, 0.1) is 16.0 Å². The number of likely N-dealkylation sites (tertiary alicyclic amines) is 1. The van der Waals surface area contributed by atoms with Crippen LogP contribution in [0.5, 0.6) is 0 Å². The highest BCUT2D eigenvalue weighted by Gasteiger charge is 2.29. The molecular weight excluding hydrogens is 366 g/mol. The van der Waals surface area contributed by atoms with E-state index in [1.807, 2.05) is 0 Å². The Hall–Kier alpha value is -1.67.